The molecule has 0 radical (unpaired) electrons. The smallest absolute Gasteiger partial charge is 0.269 e. The molecule has 4 aromatic heterocycles. The van der Waals surface area contributed by atoms with Crippen LogP contribution in [-0.2, 0) is 9.53 Å². The van der Waals surface area contributed by atoms with Gasteiger partial charge in [0.05, 0.1) is 29.7 Å². The second-order valence-electron chi connectivity index (χ2n) is 6.75. The number of anilines is 1. The van der Waals surface area contributed by atoms with Gasteiger partial charge in [0, 0.05) is 19.0 Å². The summed E-state index contributed by atoms with van der Waals surface area (Å²) in [5.41, 5.74) is 2.29. The Hall–Kier alpha value is -3.63. The van der Waals surface area contributed by atoms with Gasteiger partial charge in [-0.3, -0.25) is 9.78 Å². The number of nitrogens with one attached hydrogen (secondary N) is 1. The summed E-state index contributed by atoms with van der Waals surface area (Å²) in [4.78, 5) is 29.6. The molecule has 0 saturated carbocycles. The second-order valence-corrected chi connectivity index (χ2v) is 7.19. The minimum atomic E-state index is -0.978. The zero-order chi connectivity index (χ0) is 22.5. The van der Waals surface area contributed by atoms with Crippen LogP contribution >= 0.6 is 11.6 Å². The maximum absolute atomic E-state index is 12.9. The lowest BCUT2D eigenvalue weighted by Gasteiger charge is -2.18. The van der Waals surface area contributed by atoms with Crippen LogP contribution in [0.3, 0.4) is 0 Å². The van der Waals surface area contributed by atoms with E-state index in [-0.39, 0.29) is 12.5 Å². The van der Waals surface area contributed by atoms with Crippen LogP contribution in [0.5, 0.6) is 5.88 Å². The van der Waals surface area contributed by atoms with Crippen molar-refractivity contribution in [2.24, 2.45) is 0 Å². The fourth-order valence-electron chi connectivity index (χ4n) is 2.95. The molecule has 1 N–H and O–H groups in total. The first-order chi connectivity index (χ1) is 15.6. The molecule has 0 aliphatic rings. The molecule has 0 aliphatic heterocycles. The van der Waals surface area contributed by atoms with Gasteiger partial charge in [-0.25, -0.2) is 19.6 Å². The number of ether oxygens (including phenoxy) is 2. The normalized spacial score (nSPS) is 12.0. The Balaban J connectivity index is 1.62. The molecule has 4 rings (SSSR count). The fourth-order valence-corrected chi connectivity index (χ4v) is 3.06. The van der Waals surface area contributed by atoms with Gasteiger partial charge >= 0.3 is 0 Å². The number of halogens is 1. The summed E-state index contributed by atoms with van der Waals surface area (Å²) in [5.74, 6) is 0.124. The van der Waals surface area contributed by atoms with Gasteiger partial charge in [0.2, 0.25) is 12.0 Å². The summed E-state index contributed by atoms with van der Waals surface area (Å²) >= 11 is 5.85. The van der Waals surface area contributed by atoms with Crippen molar-refractivity contribution in [1.29, 1.82) is 0 Å². The summed E-state index contributed by atoms with van der Waals surface area (Å²) < 4.78 is 13.1. The number of nitrogens with zero attached hydrogens (tertiary/aromatic N) is 6. The molecule has 32 heavy (non-hydrogen) atoms. The van der Waals surface area contributed by atoms with Gasteiger partial charge in [0.25, 0.3) is 5.91 Å². The Bertz CT molecular complexity index is 1230. The van der Waals surface area contributed by atoms with E-state index < -0.39 is 12.0 Å². The van der Waals surface area contributed by atoms with Gasteiger partial charge in [-0.05, 0) is 37.6 Å². The molecule has 0 spiro atoms. The summed E-state index contributed by atoms with van der Waals surface area (Å²) in [6, 6.07) is 5.11. The SMILES string of the molecule is CCOC[C@H](Oc1ncnc2c1cnn2-c1cnccc1C)C(=O)Nc1ccc(Cl)cn1. The Kier molecular flexibility index (Phi) is 6.52. The van der Waals surface area contributed by atoms with Gasteiger partial charge in [-0.1, -0.05) is 11.6 Å². The van der Waals surface area contributed by atoms with Gasteiger partial charge in [0.1, 0.15) is 17.5 Å². The van der Waals surface area contributed by atoms with Crippen LogP contribution in [0.15, 0.2) is 49.3 Å². The van der Waals surface area contributed by atoms with E-state index in [1.54, 1.807) is 35.4 Å². The summed E-state index contributed by atoms with van der Waals surface area (Å²) in [6.45, 7) is 4.23. The molecule has 0 bridgehead atoms. The van der Waals surface area contributed by atoms with Crippen LogP contribution in [0.1, 0.15) is 12.5 Å². The van der Waals surface area contributed by atoms with Gasteiger partial charge in [-0.2, -0.15) is 5.10 Å². The van der Waals surface area contributed by atoms with E-state index in [2.05, 4.69) is 30.4 Å². The number of aromatic nitrogens is 6. The van der Waals surface area contributed by atoms with Gasteiger partial charge in [0.15, 0.2) is 5.65 Å². The molecule has 4 aromatic rings. The lowest BCUT2D eigenvalue weighted by molar-refractivity contribution is -0.125. The van der Waals surface area contributed by atoms with E-state index in [0.29, 0.717) is 28.5 Å². The number of amides is 1. The third-order valence-electron chi connectivity index (χ3n) is 4.57. The van der Waals surface area contributed by atoms with Crippen LogP contribution in [0.4, 0.5) is 5.82 Å². The third kappa shape index (κ3) is 4.66. The monoisotopic (exact) mass is 453 g/mol. The highest BCUT2D eigenvalue weighted by Crippen LogP contribution is 2.25. The quantitative estimate of drug-likeness (QED) is 0.432. The molecule has 0 aromatic carbocycles. The summed E-state index contributed by atoms with van der Waals surface area (Å²) in [6.07, 6.45) is 6.83. The number of rotatable bonds is 8. The van der Waals surface area contributed by atoms with Gasteiger partial charge < -0.3 is 14.8 Å². The van der Waals surface area contributed by atoms with Crippen LogP contribution in [-0.4, -0.2) is 54.9 Å². The first kappa shape index (κ1) is 21.6. The summed E-state index contributed by atoms with van der Waals surface area (Å²) in [5, 5.41) is 8.13. The number of fused-ring (bicyclic) bond motifs is 1. The lowest BCUT2D eigenvalue weighted by Crippen LogP contribution is -2.37. The molecule has 1 amide bonds. The number of carbonyl (C=O) groups excluding carboxylic acids is 1. The third-order valence-corrected chi connectivity index (χ3v) is 4.79. The molecule has 164 valence electrons. The van der Waals surface area contributed by atoms with E-state index in [4.69, 9.17) is 21.1 Å². The number of pyridine rings is 2. The van der Waals surface area contributed by atoms with Crippen LogP contribution in [0, 0.1) is 6.92 Å². The highest BCUT2D eigenvalue weighted by molar-refractivity contribution is 6.30. The average molecular weight is 454 g/mol. The molecular formula is C21H20ClN7O3. The Morgan fingerprint density at radius 3 is 2.81 bits per heavy atom. The van der Waals surface area contributed by atoms with E-state index in [1.807, 2.05) is 19.9 Å². The molecule has 0 unspecified atom stereocenters. The van der Waals surface area contributed by atoms with Crippen molar-refractivity contribution >= 4 is 34.4 Å². The number of hydrogen-bond donors (Lipinski definition) is 1. The molecule has 0 fully saturated rings. The average Bonchev–Trinajstić information content (AvgIpc) is 3.23. The Morgan fingerprint density at radius 2 is 2.06 bits per heavy atom. The predicted molar refractivity (Wildman–Crippen MR) is 118 cm³/mol. The van der Waals surface area contributed by atoms with E-state index in [9.17, 15) is 4.79 Å². The maximum Gasteiger partial charge on any atom is 0.269 e. The zero-order valence-electron chi connectivity index (χ0n) is 17.4. The number of hydrogen-bond acceptors (Lipinski definition) is 8. The highest BCUT2D eigenvalue weighted by atomic mass is 35.5. The van der Waals surface area contributed by atoms with Crippen LogP contribution in [0.25, 0.3) is 16.7 Å². The topological polar surface area (TPSA) is 117 Å². The van der Waals surface area contributed by atoms with Crippen molar-refractivity contribution in [3.63, 3.8) is 0 Å². The number of carbonyl (C=O) groups is 1. The molecule has 10 nitrogen and oxygen atoms in total. The van der Waals surface area contributed by atoms with Crippen molar-refractivity contribution in [3.05, 3.63) is 59.9 Å². The van der Waals surface area contributed by atoms with Crippen LogP contribution in [0.2, 0.25) is 5.02 Å². The molecule has 4 heterocycles. The lowest BCUT2D eigenvalue weighted by atomic mass is 10.2. The standard InChI is InChI=1S/C21H20ClN7O3/c1-3-31-11-17(20(30)28-18-5-4-14(22)8-24-18)32-21-15-9-27-29(19(15)25-12-26-21)16-10-23-7-6-13(16)2/h4-10,12,17H,3,11H2,1-2H3,(H,24,28,30)/t17-/m0/s1. The van der Waals surface area contributed by atoms with E-state index in [0.717, 1.165) is 11.3 Å². The van der Waals surface area contributed by atoms with E-state index >= 15 is 0 Å². The highest BCUT2D eigenvalue weighted by Gasteiger charge is 2.24. The molecule has 0 aliphatic carbocycles. The number of aryl methyl sites for hydroxylation is 1. The van der Waals surface area contributed by atoms with E-state index in [1.165, 1.54) is 12.5 Å². The predicted octanol–water partition coefficient (Wildman–Crippen LogP) is 2.99. The molecule has 0 saturated heterocycles. The first-order valence-electron chi connectivity index (χ1n) is 9.83. The fraction of sp³-hybridized carbons (Fsp3) is 0.238. The Labute approximate surface area is 188 Å². The second kappa shape index (κ2) is 9.67. The first-order valence-corrected chi connectivity index (χ1v) is 10.2. The van der Waals surface area contributed by atoms with Gasteiger partial charge in [-0.15, -0.1) is 0 Å². The molecular weight excluding hydrogens is 434 g/mol. The van der Waals surface area contributed by atoms with Crippen molar-refractivity contribution in [1.82, 2.24) is 29.7 Å². The molecule has 11 heteroatoms. The minimum absolute atomic E-state index is 0.0251. The van der Waals surface area contributed by atoms with Crippen molar-refractivity contribution < 1.29 is 14.3 Å². The largest absolute Gasteiger partial charge is 0.461 e. The molecule has 1 atom stereocenters. The van der Waals surface area contributed by atoms with Crippen LogP contribution < -0.4 is 10.1 Å². The zero-order valence-corrected chi connectivity index (χ0v) is 18.2. The van der Waals surface area contributed by atoms with Crippen molar-refractivity contribution in [2.75, 3.05) is 18.5 Å². The Morgan fingerprint density at radius 1 is 1.19 bits per heavy atom. The van der Waals surface area contributed by atoms with Crippen molar-refractivity contribution in [3.8, 4) is 11.6 Å². The van der Waals surface area contributed by atoms with Crippen molar-refractivity contribution in [2.45, 2.75) is 20.0 Å². The summed E-state index contributed by atoms with van der Waals surface area (Å²) in [7, 11) is 0. The minimum Gasteiger partial charge on any atom is -0.461 e. The maximum atomic E-state index is 12.9.